The van der Waals surface area contributed by atoms with Crippen LogP contribution in [0, 0.1) is 0 Å². The molecular formula is C19H17ClN2O2. The average Bonchev–Trinajstić information content (AvgIpc) is 3.01. The maximum atomic E-state index is 12.0. The van der Waals surface area contributed by atoms with E-state index in [2.05, 4.69) is 5.32 Å². The summed E-state index contributed by atoms with van der Waals surface area (Å²) < 4.78 is 0. The summed E-state index contributed by atoms with van der Waals surface area (Å²) in [7, 11) is 0. The van der Waals surface area contributed by atoms with E-state index in [0.717, 1.165) is 24.2 Å². The molecule has 0 aliphatic carbocycles. The molecule has 2 aromatic carbocycles. The minimum atomic E-state index is -0.227. The number of carbonyl (C=O) groups excluding carboxylic acids is 2. The van der Waals surface area contributed by atoms with Crippen molar-refractivity contribution in [3.63, 3.8) is 0 Å². The number of anilines is 2. The van der Waals surface area contributed by atoms with E-state index in [1.807, 2.05) is 30.3 Å². The van der Waals surface area contributed by atoms with Gasteiger partial charge in [-0.25, -0.2) is 0 Å². The zero-order valence-electron chi connectivity index (χ0n) is 13.0. The lowest BCUT2D eigenvalue weighted by Crippen LogP contribution is -2.23. The van der Waals surface area contributed by atoms with E-state index in [4.69, 9.17) is 11.6 Å². The third-order valence-electron chi connectivity index (χ3n) is 3.80. The first-order chi connectivity index (χ1) is 11.6. The molecule has 0 radical (unpaired) electrons. The van der Waals surface area contributed by atoms with Crippen molar-refractivity contribution in [2.24, 2.45) is 0 Å². The van der Waals surface area contributed by atoms with Crippen LogP contribution in [-0.4, -0.2) is 18.4 Å². The number of halogens is 1. The van der Waals surface area contributed by atoms with Gasteiger partial charge in [0.05, 0.1) is 0 Å². The minimum Gasteiger partial charge on any atom is -0.322 e. The van der Waals surface area contributed by atoms with Crippen LogP contribution < -0.4 is 10.2 Å². The SMILES string of the molecule is O=C(/C=C/c1ccc(Cl)cc1)Nc1cccc(N2CCCC2=O)c1. The first-order valence-electron chi connectivity index (χ1n) is 7.77. The highest BCUT2D eigenvalue weighted by Crippen LogP contribution is 2.24. The summed E-state index contributed by atoms with van der Waals surface area (Å²) in [6.45, 7) is 0.729. The van der Waals surface area contributed by atoms with Crippen molar-refractivity contribution < 1.29 is 9.59 Å². The summed E-state index contributed by atoms with van der Waals surface area (Å²) >= 11 is 5.83. The fourth-order valence-electron chi connectivity index (χ4n) is 2.60. The second-order valence-corrected chi connectivity index (χ2v) is 6.01. The number of amides is 2. The Morgan fingerprint density at radius 2 is 1.96 bits per heavy atom. The quantitative estimate of drug-likeness (QED) is 0.851. The van der Waals surface area contributed by atoms with Crippen LogP contribution in [0.25, 0.3) is 6.08 Å². The van der Waals surface area contributed by atoms with Gasteiger partial charge in [-0.3, -0.25) is 9.59 Å². The smallest absolute Gasteiger partial charge is 0.248 e. The molecule has 4 nitrogen and oxygen atoms in total. The molecule has 5 heteroatoms. The fourth-order valence-corrected chi connectivity index (χ4v) is 2.73. The molecule has 3 rings (SSSR count). The summed E-state index contributed by atoms with van der Waals surface area (Å²) in [6, 6.07) is 14.6. The molecule has 1 saturated heterocycles. The molecule has 1 heterocycles. The Balaban J connectivity index is 1.66. The van der Waals surface area contributed by atoms with Gasteiger partial charge in [-0.05, 0) is 48.4 Å². The van der Waals surface area contributed by atoms with Gasteiger partial charge in [0.15, 0.2) is 0 Å². The van der Waals surface area contributed by atoms with Gasteiger partial charge in [0, 0.05) is 35.4 Å². The molecule has 1 fully saturated rings. The second kappa shape index (κ2) is 7.32. The molecule has 24 heavy (non-hydrogen) atoms. The number of hydrogen-bond acceptors (Lipinski definition) is 2. The third kappa shape index (κ3) is 4.03. The number of rotatable bonds is 4. The molecule has 2 amide bonds. The Kier molecular flexibility index (Phi) is 4.96. The van der Waals surface area contributed by atoms with Gasteiger partial charge in [-0.1, -0.05) is 29.8 Å². The van der Waals surface area contributed by atoms with E-state index in [0.29, 0.717) is 17.1 Å². The van der Waals surface area contributed by atoms with Gasteiger partial charge < -0.3 is 10.2 Å². The van der Waals surface area contributed by atoms with Crippen LogP contribution in [0.2, 0.25) is 5.02 Å². The Morgan fingerprint density at radius 3 is 2.67 bits per heavy atom. The Hall–Kier alpha value is -2.59. The van der Waals surface area contributed by atoms with Crippen molar-refractivity contribution in [1.82, 2.24) is 0 Å². The van der Waals surface area contributed by atoms with E-state index < -0.39 is 0 Å². The highest BCUT2D eigenvalue weighted by molar-refractivity contribution is 6.30. The molecule has 0 aromatic heterocycles. The van der Waals surface area contributed by atoms with Gasteiger partial charge in [0.25, 0.3) is 0 Å². The molecule has 1 aliphatic rings. The lowest BCUT2D eigenvalue weighted by atomic mass is 10.2. The summed E-state index contributed by atoms with van der Waals surface area (Å²) in [6.07, 6.45) is 4.65. The topological polar surface area (TPSA) is 49.4 Å². The Bertz CT molecular complexity index is 784. The van der Waals surface area contributed by atoms with Crippen LogP contribution in [0.4, 0.5) is 11.4 Å². The first kappa shape index (κ1) is 16.3. The molecule has 0 spiro atoms. The van der Waals surface area contributed by atoms with Crippen LogP contribution in [0.5, 0.6) is 0 Å². The van der Waals surface area contributed by atoms with Crippen molar-refractivity contribution in [2.75, 3.05) is 16.8 Å². The standard InChI is InChI=1S/C19H17ClN2O2/c20-15-9-6-14(7-10-15)8-11-18(23)21-16-3-1-4-17(13-16)22-12-2-5-19(22)24/h1,3-4,6-11,13H,2,5,12H2,(H,21,23)/b11-8+. The monoisotopic (exact) mass is 340 g/mol. The van der Waals surface area contributed by atoms with Crippen LogP contribution in [-0.2, 0) is 9.59 Å². The molecule has 0 unspecified atom stereocenters. The average molecular weight is 341 g/mol. The van der Waals surface area contributed by atoms with Gasteiger partial charge in [0.1, 0.15) is 0 Å². The van der Waals surface area contributed by atoms with E-state index in [1.165, 1.54) is 6.08 Å². The van der Waals surface area contributed by atoms with Gasteiger partial charge in [-0.2, -0.15) is 0 Å². The highest BCUT2D eigenvalue weighted by atomic mass is 35.5. The number of nitrogens with one attached hydrogen (secondary N) is 1. The summed E-state index contributed by atoms with van der Waals surface area (Å²) in [5.74, 6) is -0.101. The molecule has 122 valence electrons. The predicted molar refractivity (Wildman–Crippen MR) is 97.1 cm³/mol. The van der Waals surface area contributed by atoms with Gasteiger partial charge in [0.2, 0.25) is 11.8 Å². The fraction of sp³-hybridized carbons (Fsp3) is 0.158. The van der Waals surface area contributed by atoms with Crippen LogP contribution in [0.15, 0.2) is 54.6 Å². The van der Waals surface area contributed by atoms with Crippen LogP contribution in [0.1, 0.15) is 18.4 Å². The van der Waals surface area contributed by atoms with E-state index >= 15 is 0 Å². The number of benzene rings is 2. The van der Waals surface area contributed by atoms with Crippen molar-refractivity contribution in [3.8, 4) is 0 Å². The summed E-state index contributed by atoms with van der Waals surface area (Å²) in [5.41, 5.74) is 2.38. The van der Waals surface area contributed by atoms with E-state index in [-0.39, 0.29) is 11.8 Å². The molecule has 0 saturated carbocycles. The molecular weight excluding hydrogens is 324 g/mol. The van der Waals surface area contributed by atoms with Crippen molar-refractivity contribution in [1.29, 1.82) is 0 Å². The summed E-state index contributed by atoms with van der Waals surface area (Å²) in [4.78, 5) is 25.6. The van der Waals surface area contributed by atoms with Gasteiger partial charge in [-0.15, -0.1) is 0 Å². The molecule has 2 aromatic rings. The Morgan fingerprint density at radius 1 is 1.17 bits per heavy atom. The van der Waals surface area contributed by atoms with Crippen molar-refractivity contribution >= 4 is 40.9 Å². The highest BCUT2D eigenvalue weighted by Gasteiger charge is 2.21. The predicted octanol–water partition coefficient (Wildman–Crippen LogP) is 4.12. The van der Waals surface area contributed by atoms with Crippen molar-refractivity contribution in [2.45, 2.75) is 12.8 Å². The number of hydrogen-bond donors (Lipinski definition) is 1. The van der Waals surface area contributed by atoms with E-state index in [9.17, 15) is 9.59 Å². The molecule has 0 atom stereocenters. The maximum absolute atomic E-state index is 12.0. The lowest BCUT2D eigenvalue weighted by Gasteiger charge is -2.16. The zero-order valence-corrected chi connectivity index (χ0v) is 13.8. The number of nitrogens with zero attached hydrogens (tertiary/aromatic N) is 1. The largest absolute Gasteiger partial charge is 0.322 e. The summed E-state index contributed by atoms with van der Waals surface area (Å²) in [5, 5.41) is 3.47. The van der Waals surface area contributed by atoms with Crippen LogP contribution >= 0.6 is 11.6 Å². The maximum Gasteiger partial charge on any atom is 0.248 e. The Labute approximate surface area is 145 Å². The zero-order chi connectivity index (χ0) is 16.9. The minimum absolute atomic E-state index is 0.126. The first-order valence-corrected chi connectivity index (χ1v) is 8.15. The third-order valence-corrected chi connectivity index (χ3v) is 4.05. The molecule has 0 bridgehead atoms. The molecule has 1 N–H and O–H groups in total. The molecule has 1 aliphatic heterocycles. The number of carbonyl (C=O) groups is 2. The van der Waals surface area contributed by atoms with Gasteiger partial charge >= 0.3 is 0 Å². The lowest BCUT2D eigenvalue weighted by molar-refractivity contribution is -0.117. The van der Waals surface area contributed by atoms with Crippen LogP contribution in [0.3, 0.4) is 0 Å². The van der Waals surface area contributed by atoms with E-state index in [1.54, 1.807) is 29.2 Å². The second-order valence-electron chi connectivity index (χ2n) is 5.57. The van der Waals surface area contributed by atoms with Crippen molar-refractivity contribution in [3.05, 3.63) is 65.2 Å². The normalized spacial score (nSPS) is 14.4.